The van der Waals surface area contributed by atoms with Crippen LogP contribution in [0.25, 0.3) is 0 Å². The highest BCUT2D eigenvalue weighted by Crippen LogP contribution is 2.31. The SMILES string of the molecule is COCC1=CCN(CC2(N)CCCC(C)C2)CC1. The Morgan fingerprint density at radius 1 is 1.56 bits per heavy atom. The molecule has 2 atom stereocenters. The van der Waals surface area contributed by atoms with E-state index in [1.54, 1.807) is 7.11 Å². The summed E-state index contributed by atoms with van der Waals surface area (Å²) < 4.78 is 5.19. The quantitative estimate of drug-likeness (QED) is 0.779. The lowest BCUT2D eigenvalue weighted by atomic mass is 9.76. The minimum absolute atomic E-state index is 0.0598. The van der Waals surface area contributed by atoms with E-state index in [1.807, 2.05) is 0 Å². The highest BCUT2D eigenvalue weighted by atomic mass is 16.5. The fourth-order valence-electron chi connectivity index (χ4n) is 3.50. The monoisotopic (exact) mass is 252 g/mol. The lowest BCUT2D eigenvalue weighted by Crippen LogP contribution is -2.53. The highest BCUT2D eigenvalue weighted by Gasteiger charge is 2.32. The van der Waals surface area contributed by atoms with Gasteiger partial charge in [-0.2, -0.15) is 0 Å². The first-order chi connectivity index (χ1) is 8.61. The molecule has 1 aliphatic carbocycles. The largest absolute Gasteiger partial charge is 0.380 e. The van der Waals surface area contributed by atoms with Crippen molar-refractivity contribution in [3.05, 3.63) is 11.6 Å². The third-order valence-corrected chi connectivity index (χ3v) is 4.38. The maximum atomic E-state index is 6.59. The van der Waals surface area contributed by atoms with Crippen LogP contribution in [0.1, 0.15) is 39.0 Å². The Balaban J connectivity index is 1.83. The summed E-state index contributed by atoms with van der Waals surface area (Å²) in [5.74, 6) is 0.799. The van der Waals surface area contributed by atoms with Crippen molar-refractivity contribution in [3.63, 3.8) is 0 Å². The molecule has 0 bridgehead atoms. The first-order valence-corrected chi connectivity index (χ1v) is 7.29. The Hall–Kier alpha value is -0.380. The number of hydrogen-bond acceptors (Lipinski definition) is 3. The van der Waals surface area contributed by atoms with Gasteiger partial charge in [-0.25, -0.2) is 0 Å². The fourth-order valence-corrected chi connectivity index (χ4v) is 3.50. The van der Waals surface area contributed by atoms with E-state index in [2.05, 4.69) is 17.9 Å². The molecule has 1 fully saturated rings. The average molecular weight is 252 g/mol. The van der Waals surface area contributed by atoms with Gasteiger partial charge < -0.3 is 10.5 Å². The second-order valence-electron chi connectivity index (χ2n) is 6.34. The molecule has 1 saturated carbocycles. The summed E-state index contributed by atoms with van der Waals surface area (Å²) in [5, 5.41) is 0. The van der Waals surface area contributed by atoms with Crippen LogP contribution >= 0.6 is 0 Å². The van der Waals surface area contributed by atoms with Crippen LogP contribution in [0.3, 0.4) is 0 Å². The molecule has 3 heteroatoms. The topological polar surface area (TPSA) is 38.5 Å². The summed E-state index contributed by atoms with van der Waals surface area (Å²) >= 11 is 0. The summed E-state index contributed by atoms with van der Waals surface area (Å²) in [6.07, 6.45) is 8.51. The van der Waals surface area contributed by atoms with E-state index in [0.29, 0.717) is 0 Å². The van der Waals surface area contributed by atoms with Crippen LogP contribution in [0, 0.1) is 5.92 Å². The predicted molar refractivity (Wildman–Crippen MR) is 75.6 cm³/mol. The Morgan fingerprint density at radius 3 is 3.00 bits per heavy atom. The van der Waals surface area contributed by atoms with Crippen LogP contribution in [0.15, 0.2) is 11.6 Å². The van der Waals surface area contributed by atoms with Gasteiger partial charge >= 0.3 is 0 Å². The Morgan fingerprint density at radius 2 is 2.39 bits per heavy atom. The second-order valence-corrected chi connectivity index (χ2v) is 6.34. The van der Waals surface area contributed by atoms with Crippen LogP contribution in [-0.2, 0) is 4.74 Å². The lowest BCUT2D eigenvalue weighted by molar-refractivity contribution is 0.152. The maximum Gasteiger partial charge on any atom is 0.0673 e. The number of ether oxygens (including phenoxy) is 1. The molecule has 1 aliphatic heterocycles. The van der Waals surface area contributed by atoms with Gasteiger partial charge in [-0.15, -0.1) is 0 Å². The molecule has 1 heterocycles. The average Bonchev–Trinajstić information content (AvgIpc) is 2.31. The van der Waals surface area contributed by atoms with Gasteiger partial charge in [0, 0.05) is 32.3 Å². The normalized spacial score (nSPS) is 34.4. The van der Waals surface area contributed by atoms with Gasteiger partial charge in [-0.05, 0) is 30.8 Å². The van der Waals surface area contributed by atoms with Gasteiger partial charge in [-0.3, -0.25) is 4.90 Å². The van der Waals surface area contributed by atoms with E-state index in [0.717, 1.165) is 38.6 Å². The number of nitrogens with zero attached hydrogens (tertiary/aromatic N) is 1. The molecule has 18 heavy (non-hydrogen) atoms. The maximum absolute atomic E-state index is 6.59. The van der Waals surface area contributed by atoms with Crippen molar-refractivity contribution in [2.75, 3.05) is 33.4 Å². The van der Waals surface area contributed by atoms with E-state index in [4.69, 9.17) is 10.5 Å². The zero-order valence-electron chi connectivity index (χ0n) is 12.0. The zero-order valence-corrected chi connectivity index (χ0v) is 12.0. The number of nitrogens with two attached hydrogens (primary N) is 1. The lowest BCUT2D eigenvalue weighted by Gasteiger charge is -2.41. The summed E-state index contributed by atoms with van der Waals surface area (Å²) in [7, 11) is 1.77. The molecule has 0 spiro atoms. The second kappa shape index (κ2) is 6.18. The van der Waals surface area contributed by atoms with Crippen molar-refractivity contribution < 1.29 is 4.74 Å². The van der Waals surface area contributed by atoms with E-state index in [1.165, 1.54) is 31.3 Å². The minimum Gasteiger partial charge on any atom is -0.380 e. The van der Waals surface area contributed by atoms with Crippen molar-refractivity contribution in [2.24, 2.45) is 11.7 Å². The van der Waals surface area contributed by atoms with Crippen LogP contribution in [0.4, 0.5) is 0 Å². The standard InChI is InChI=1S/C15H28N2O/c1-13-4-3-7-15(16,10-13)12-17-8-5-14(6-9-17)11-18-2/h5,13H,3-4,6-12,16H2,1-2H3. The molecule has 0 radical (unpaired) electrons. The Labute approximate surface area is 111 Å². The molecule has 0 aromatic heterocycles. The first-order valence-electron chi connectivity index (χ1n) is 7.29. The van der Waals surface area contributed by atoms with Crippen molar-refractivity contribution in [1.82, 2.24) is 4.90 Å². The predicted octanol–water partition coefficient (Wildman–Crippen LogP) is 2.17. The van der Waals surface area contributed by atoms with Crippen molar-refractivity contribution in [2.45, 2.75) is 44.6 Å². The molecular weight excluding hydrogens is 224 g/mol. The van der Waals surface area contributed by atoms with Crippen molar-refractivity contribution >= 4 is 0 Å². The Kier molecular flexibility index (Phi) is 4.82. The van der Waals surface area contributed by atoms with Crippen molar-refractivity contribution in [3.8, 4) is 0 Å². The molecule has 0 aromatic rings. The molecule has 2 aliphatic rings. The first kappa shape index (κ1) is 14.0. The summed E-state index contributed by atoms with van der Waals surface area (Å²) in [5.41, 5.74) is 8.09. The molecule has 2 rings (SSSR count). The van der Waals surface area contributed by atoms with E-state index in [-0.39, 0.29) is 5.54 Å². The zero-order chi connectivity index (χ0) is 13.0. The van der Waals surface area contributed by atoms with E-state index in [9.17, 15) is 0 Å². The minimum atomic E-state index is 0.0598. The number of rotatable bonds is 4. The van der Waals surface area contributed by atoms with Crippen LogP contribution in [-0.4, -0.2) is 43.8 Å². The molecule has 3 nitrogen and oxygen atoms in total. The van der Waals surface area contributed by atoms with Gasteiger partial charge in [0.05, 0.1) is 6.61 Å². The molecule has 0 saturated heterocycles. The summed E-state index contributed by atoms with van der Waals surface area (Å²) in [6.45, 7) is 6.38. The fraction of sp³-hybridized carbons (Fsp3) is 0.867. The summed E-state index contributed by atoms with van der Waals surface area (Å²) in [6, 6.07) is 0. The van der Waals surface area contributed by atoms with E-state index >= 15 is 0 Å². The number of hydrogen-bond donors (Lipinski definition) is 1. The van der Waals surface area contributed by atoms with Crippen LogP contribution in [0.5, 0.6) is 0 Å². The van der Waals surface area contributed by atoms with Gasteiger partial charge in [-0.1, -0.05) is 25.8 Å². The number of methoxy groups -OCH3 is 1. The van der Waals surface area contributed by atoms with Crippen LogP contribution in [0.2, 0.25) is 0 Å². The smallest absolute Gasteiger partial charge is 0.0673 e. The van der Waals surface area contributed by atoms with E-state index < -0.39 is 0 Å². The highest BCUT2D eigenvalue weighted by molar-refractivity contribution is 5.08. The molecule has 104 valence electrons. The molecule has 0 amide bonds. The Bertz CT molecular complexity index is 303. The van der Waals surface area contributed by atoms with Gasteiger partial charge in [0.1, 0.15) is 0 Å². The third-order valence-electron chi connectivity index (χ3n) is 4.38. The van der Waals surface area contributed by atoms with Gasteiger partial charge in [0.25, 0.3) is 0 Å². The third kappa shape index (κ3) is 3.81. The van der Waals surface area contributed by atoms with Crippen molar-refractivity contribution in [1.29, 1.82) is 0 Å². The molecular formula is C15H28N2O. The molecule has 2 N–H and O–H groups in total. The summed E-state index contributed by atoms with van der Waals surface area (Å²) in [4.78, 5) is 2.51. The van der Waals surface area contributed by atoms with Gasteiger partial charge in [0.2, 0.25) is 0 Å². The molecule has 2 unspecified atom stereocenters. The van der Waals surface area contributed by atoms with Gasteiger partial charge in [0.15, 0.2) is 0 Å². The van der Waals surface area contributed by atoms with Crippen LogP contribution < -0.4 is 5.73 Å². The molecule has 0 aromatic carbocycles.